The molecule has 2 amide bonds. The number of carboxylic acids is 1. The summed E-state index contributed by atoms with van der Waals surface area (Å²) in [6.07, 6.45) is 0. The van der Waals surface area contributed by atoms with Crippen molar-refractivity contribution in [2.24, 2.45) is 0 Å². The van der Waals surface area contributed by atoms with Gasteiger partial charge in [0.25, 0.3) is 11.8 Å². The summed E-state index contributed by atoms with van der Waals surface area (Å²) in [6, 6.07) is 16.0. The number of amides is 2. The van der Waals surface area contributed by atoms with E-state index in [1.54, 1.807) is 75.4 Å². The van der Waals surface area contributed by atoms with E-state index in [4.69, 9.17) is 5.11 Å². The first-order valence-electron chi connectivity index (χ1n) is 13.0. The highest BCUT2D eigenvalue weighted by atomic mass is 32.1. The average molecular weight is 625 g/mol. The second-order valence-corrected chi connectivity index (χ2v) is 11.7. The Morgan fingerprint density at radius 1 is 0.721 bits per heavy atom. The van der Waals surface area contributed by atoms with Crippen molar-refractivity contribution in [1.29, 1.82) is 0 Å². The molecule has 0 aliphatic rings. The maximum Gasteiger partial charge on any atom is 0.348 e. The molecular formula is C31H32N2O8S2. The largest absolute Gasteiger partial charge is 0.508 e. The molecule has 0 saturated carbocycles. The summed E-state index contributed by atoms with van der Waals surface area (Å²) in [6.45, 7) is 7.05. The lowest BCUT2D eigenvalue weighted by atomic mass is 10.1. The fourth-order valence-corrected chi connectivity index (χ4v) is 5.89. The molecule has 2 aromatic carbocycles. The van der Waals surface area contributed by atoms with Gasteiger partial charge in [-0.1, -0.05) is 24.3 Å². The molecule has 0 bridgehead atoms. The van der Waals surface area contributed by atoms with Crippen molar-refractivity contribution < 1.29 is 39.2 Å². The highest BCUT2D eigenvalue weighted by Gasteiger charge is 2.20. The van der Waals surface area contributed by atoms with Crippen LogP contribution in [0.25, 0.3) is 0 Å². The number of thiophene rings is 2. The van der Waals surface area contributed by atoms with Gasteiger partial charge >= 0.3 is 11.9 Å². The quantitative estimate of drug-likeness (QED) is 0.149. The Morgan fingerprint density at radius 2 is 1.14 bits per heavy atom. The molecule has 4 rings (SSSR count). The maximum atomic E-state index is 12.3. The molecule has 5 N–H and O–H groups in total. The number of nitrogens with one attached hydrogen (secondary N) is 2. The van der Waals surface area contributed by atoms with Crippen LogP contribution < -0.4 is 10.6 Å². The Morgan fingerprint density at radius 3 is 1.51 bits per heavy atom. The molecule has 0 spiro atoms. The van der Waals surface area contributed by atoms with Gasteiger partial charge in [0.1, 0.15) is 21.3 Å². The molecule has 0 radical (unpaired) electrons. The van der Waals surface area contributed by atoms with E-state index in [0.29, 0.717) is 25.8 Å². The first-order chi connectivity index (χ1) is 20.3. The summed E-state index contributed by atoms with van der Waals surface area (Å²) in [5.74, 6) is -1.78. The number of benzene rings is 2. The molecule has 0 aliphatic carbocycles. The minimum absolute atomic E-state index is 0.133. The monoisotopic (exact) mass is 624 g/mol. The molecule has 2 atom stereocenters. The molecule has 10 nitrogen and oxygen atoms in total. The van der Waals surface area contributed by atoms with Crippen molar-refractivity contribution in [2.45, 2.75) is 39.8 Å². The van der Waals surface area contributed by atoms with E-state index < -0.39 is 11.9 Å². The summed E-state index contributed by atoms with van der Waals surface area (Å²) >= 11 is 2.06. The molecule has 0 fully saturated rings. The van der Waals surface area contributed by atoms with Crippen LogP contribution in [0, 0.1) is 13.8 Å². The fourth-order valence-electron chi connectivity index (χ4n) is 3.99. The van der Waals surface area contributed by atoms with Gasteiger partial charge in [0.05, 0.1) is 28.9 Å². The van der Waals surface area contributed by atoms with E-state index in [1.165, 1.54) is 7.11 Å². The van der Waals surface area contributed by atoms with E-state index in [1.807, 2.05) is 13.0 Å². The van der Waals surface area contributed by atoms with Crippen molar-refractivity contribution in [1.82, 2.24) is 10.6 Å². The van der Waals surface area contributed by atoms with Crippen molar-refractivity contribution in [3.63, 3.8) is 0 Å². The van der Waals surface area contributed by atoms with Gasteiger partial charge < -0.3 is 30.7 Å². The number of aromatic carboxylic acids is 1. The lowest BCUT2D eigenvalue weighted by Gasteiger charge is -2.13. The summed E-state index contributed by atoms with van der Waals surface area (Å²) in [5.41, 5.74) is 2.86. The van der Waals surface area contributed by atoms with Crippen LogP contribution in [0.4, 0.5) is 0 Å². The minimum atomic E-state index is -1.03. The summed E-state index contributed by atoms with van der Waals surface area (Å²) < 4.78 is 4.69. The number of hydrogen-bond acceptors (Lipinski definition) is 9. The average Bonchev–Trinajstić information content (AvgIpc) is 3.55. The predicted octanol–water partition coefficient (Wildman–Crippen LogP) is 5.99. The highest BCUT2D eigenvalue weighted by Crippen LogP contribution is 2.25. The SMILES string of the molecule is COC(=O)c1sc(C(=O)NC(C)c2cccc(O)c2)cc1C.Cc1cc(C(=O)NC(C)c2cccc(O)c2)sc1C(=O)O. The highest BCUT2D eigenvalue weighted by molar-refractivity contribution is 7.16. The van der Waals surface area contributed by atoms with Crippen molar-refractivity contribution in [3.05, 3.63) is 102 Å². The second kappa shape index (κ2) is 14.5. The third kappa shape index (κ3) is 8.66. The van der Waals surface area contributed by atoms with Gasteiger partial charge in [0.15, 0.2) is 0 Å². The lowest BCUT2D eigenvalue weighted by Crippen LogP contribution is -2.25. The molecule has 0 aliphatic heterocycles. The molecule has 2 aromatic heterocycles. The number of hydrogen-bond donors (Lipinski definition) is 5. The Labute approximate surface area is 256 Å². The summed E-state index contributed by atoms with van der Waals surface area (Å²) in [5, 5.41) is 33.6. The Balaban J connectivity index is 0.000000236. The Kier molecular flexibility index (Phi) is 11.1. The first kappa shape index (κ1) is 32.8. The van der Waals surface area contributed by atoms with Crippen LogP contribution in [0.3, 0.4) is 0 Å². The smallest absolute Gasteiger partial charge is 0.348 e. The van der Waals surface area contributed by atoms with Gasteiger partial charge in [0, 0.05) is 0 Å². The van der Waals surface area contributed by atoms with E-state index in [-0.39, 0.29) is 40.3 Å². The number of rotatable bonds is 8. The van der Waals surface area contributed by atoms with Gasteiger partial charge in [-0.25, -0.2) is 9.59 Å². The zero-order valence-electron chi connectivity index (χ0n) is 24.1. The number of carbonyl (C=O) groups is 4. The number of ether oxygens (including phenoxy) is 1. The third-order valence-corrected chi connectivity index (χ3v) is 8.72. The molecule has 226 valence electrons. The van der Waals surface area contributed by atoms with Crippen LogP contribution in [0.5, 0.6) is 11.5 Å². The van der Waals surface area contributed by atoms with Crippen molar-refractivity contribution in [2.75, 3.05) is 7.11 Å². The number of methoxy groups -OCH3 is 1. The maximum absolute atomic E-state index is 12.3. The number of aryl methyl sites for hydroxylation is 2. The number of carbonyl (C=O) groups excluding carboxylic acids is 3. The van der Waals surface area contributed by atoms with Crippen molar-refractivity contribution in [3.8, 4) is 11.5 Å². The number of aromatic hydroxyl groups is 2. The van der Waals surface area contributed by atoms with Crippen LogP contribution >= 0.6 is 22.7 Å². The summed E-state index contributed by atoms with van der Waals surface area (Å²) in [7, 11) is 1.31. The second-order valence-electron chi connectivity index (χ2n) is 9.62. The van der Waals surface area contributed by atoms with Gasteiger partial charge in [-0.15, -0.1) is 22.7 Å². The predicted molar refractivity (Wildman–Crippen MR) is 164 cm³/mol. The van der Waals surface area contributed by atoms with Crippen LogP contribution in [0.15, 0.2) is 60.7 Å². The minimum Gasteiger partial charge on any atom is -0.508 e. The topological polar surface area (TPSA) is 162 Å². The molecule has 2 unspecified atom stereocenters. The number of carboxylic acid groups (broad SMARTS) is 1. The Hall–Kier alpha value is -4.68. The zero-order valence-corrected chi connectivity index (χ0v) is 25.8. The molecule has 0 saturated heterocycles. The normalized spacial score (nSPS) is 11.8. The van der Waals surface area contributed by atoms with Gasteiger partial charge in [0.2, 0.25) is 0 Å². The zero-order chi connectivity index (χ0) is 31.8. The number of esters is 1. The van der Waals surface area contributed by atoms with Gasteiger partial charge in [-0.3, -0.25) is 9.59 Å². The molecule has 43 heavy (non-hydrogen) atoms. The lowest BCUT2D eigenvalue weighted by molar-refractivity contribution is 0.0604. The van der Waals surface area contributed by atoms with E-state index in [0.717, 1.165) is 33.8 Å². The van der Waals surface area contributed by atoms with E-state index >= 15 is 0 Å². The van der Waals surface area contributed by atoms with Crippen LogP contribution in [-0.2, 0) is 4.74 Å². The van der Waals surface area contributed by atoms with E-state index in [2.05, 4.69) is 15.4 Å². The molecule has 2 heterocycles. The first-order valence-corrected chi connectivity index (χ1v) is 14.7. The van der Waals surface area contributed by atoms with Crippen molar-refractivity contribution >= 4 is 46.4 Å². The summed E-state index contributed by atoms with van der Waals surface area (Å²) in [4.78, 5) is 48.4. The van der Waals surface area contributed by atoms with Gasteiger partial charge in [-0.2, -0.15) is 0 Å². The third-order valence-electron chi connectivity index (χ3n) is 6.28. The van der Waals surface area contributed by atoms with Crippen LogP contribution in [-0.4, -0.2) is 46.2 Å². The van der Waals surface area contributed by atoms with Crippen LogP contribution in [0.2, 0.25) is 0 Å². The molecular weight excluding hydrogens is 592 g/mol. The van der Waals surface area contributed by atoms with E-state index in [9.17, 15) is 29.4 Å². The Bertz CT molecular complexity index is 1640. The fraction of sp³-hybridized carbons (Fsp3) is 0.226. The molecule has 4 aromatic rings. The number of phenolic OH excluding ortho intramolecular Hbond substituents is 2. The number of phenols is 2. The van der Waals surface area contributed by atoms with Gasteiger partial charge in [-0.05, 0) is 86.3 Å². The van der Waals surface area contributed by atoms with Crippen LogP contribution in [0.1, 0.15) is 86.9 Å². The molecule has 12 heteroatoms. The standard InChI is InChI=1S/C16H17NO4S.C15H15NO4S/c1-9-7-13(22-14(9)16(20)21-3)15(19)17-10(2)11-5-4-6-12(18)8-11;1-8-6-12(21-13(8)15(19)20)14(18)16-9(2)10-4-3-5-11(17)7-10/h4-8,10,18H,1-3H3,(H,17,19);3-7,9,17H,1-2H3,(H,16,18)(H,19,20).